The fourth-order valence-corrected chi connectivity index (χ4v) is 2.72. The van der Waals surface area contributed by atoms with Crippen molar-refractivity contribution < 1.29 is 12.9 Å². The topological polar surface area (TPSA) is 111 Å². The van der Waals surface area contributed by atoms with Gasteiger partial charge in [0.15, 0.2) is 6.33 Å². The first-order chi connectivity index (χ1) is 9.62. The molecule has 0 atom stereocenters. The summed E-state index contributed by atoms with van der Waals surface area (Å²) >= 11 is 0. The average Bonchev–Trinajstić information content (AvgIpc) is 2.93. The normalized spacial score (nSPS) is 11.7. The Kier molecular flexibility index (Phi) is 4.83. The van der Waals surface area contributed by atoms with E-state index in [2.05, 4.69) is 14.9 Å². The molecule has 0 aliphatic heterocycles. The van der Waals surface area contributed by atoms with Crippen LogP contribution in [0.15, 0.2) is 40.0 Å². The zero-order valence-electron chi connectivity index (χ0n) is 10.8. The number of nitrogens with zero attached hydrogens (tertiary/aromatic N) is 2. The number of nitrogens with one attached hydrogen (secondary N) is 1. The summed E-state index contributed by atoms with van der Waals surface area (Å²) in [6.07, 6.45) is 2.36. The lowest BCUT2D eigenvalue weighted by atomic mass is 10.2. The molecule has 7 nitrogen and oxygen atoms in total. The predicted molar refractivity (Wildman–Crippen MR) is 72.4 cm³/mol. The highest BCUT2D eigenvalue weighted by atomic mass is 32.2. The summed E-state index contributed by atoms with van der Waals surface area (Å²) in [5.74, 6) is 0.394. The maximum Gasteiger partial charge on any atom is 0.240 e. The van der Waals surface area contributed by atoms with Crippen LogP contribution in [0.5, 0.6) is 0 Å². The number of hydrogen-bond donors (Lipinski definition) is 2. The Bertz CT molecular complexity index is 623. The number of aromatic nitrogens is 2. The molecule has 1 aromatic carbocycles. The Morgan fingerprint density at radius 1 is 1.20 bits per heavy atom. The Morgan fingerprint density at radius 3 is 2.55 bits per heavy atom. The highest BCUT2D eigenvalue weighted by Crippen LogP contribution is 2.10. The van der Waals surface area contributed by atoms with Gasteiger partial charge in [0.05, 0.1) is 4.90 Å². The minimum absolute atomic E-state index is 0.203. The van der Waals surface area contributed by atoms with E-state index in [0.717, 1.165) is 12.0 Å². The van der Waals surface area contributed by atoms with E-state index >= 15 is 0 Å². The summed E-state index contributed by atoms with van der Waals surface area (Å²) in [4.78, 5) is 4.04. The maximum atomic E-state index is 12.0. The van der Waals surface area contributed by atoms with Crippen LogP contribution in [-0.2, 0) is 22.9 Å². The van der Waals surface area contributed by atoms with Gasteiger partial charge in [-0.25, -0.2) is 13.1 Å². The van der Waals surface area contributed by atoms with Crippen LogP contribution in [0.25, 0.3) is 0 Å². The van der Waals surface area contributed by atoms with Crippen LogP contribution in [0.1, 0.15) is 11.5 Å². The fraction of sp³-hybridized carbons (Fsp3) is 0.333. The Morgan fingerprint density at radius 2 is 1.95 bits per heavy atom. The molecule has 0 amide bonds. The molecular formula is C12H16N4O3S. The van der Waals surface area contributed by atoms with Crippen LogP contribution in [0.3, 0.4) is 0 Å². The van der Waals surface area contributed by atoms with E-state index in [4.69, 9.17) is 10.3 Å². The number of sulfonamides is 1. The van der Waals surface area contributed by atoms with Crippen molar-refractivity contribution in [3.8, 4) is 0 Å². The highest BCUT2D eigenvalue weighted by molar-refractivity contribution is 7.89. The lowest BCUT2D eigenvalue weighted by Crippen LogP contribution is -2.26. The number of benzene rings is 1. The number of hydrogen-bond acceptors (Lipinski definition) is 6. The molecule has 0 saturated heterocycles. The lowest BCUT2D eigenvalue weighted by molar-refractivity contribution is 0.377. The third-order valence-electron chi connectivity index (χ3n) is 2.70. The second-order valence-corrected chi connectivity index (χ2v) is 5.93. The van der Waals surface area contributed by atoms with Crippen molar-refractivity contribution >= 4 is 10.0 Å². The number of rotatable bonds is 7. The van der Waals surface area contributed by atoms with Crippen molar-refractivity contribution in [2.75, 3.05) is 13.1 Å². The van der Waals surface area contributed by atoms with Gasteiger partial charge >= 0.3 is 0 Å². The zero-order chi connectivity index (χ0) is 14.4. The van der Waals surface area contributed by atoms with Crippen molar-refractivity contribution in [3.63, 3.8) is 0 Å². The van der Waals surface area contributed by atoms with E-state index in [-0.39, 0.29) is 11.4 Å². The largest absolute Gasteiger partial charge is 0.340 e. The molecule has 2 rings (SSSR count). The highest BCUT2D eigenvalue weighted by Gasteiger charge is 2.13. The van der Waals surface area contributed by atoms with Crippen LogP contribution in [0.4, 0.5) is 0 Å². The summed E-state index contributed by atoms with van der Waals surface area (Å²) in [7, 11) is -3.52. The summed E-state index contributed by atoms with van der Waals surface area (Å²) in [5, 5.41) is 3.45. The minimum atomic E-state index is -3.52. The van der Waals surface area contributed by atoms with Gasteiger partial charge in [-0.15, -0.1) is 0 Å². The van der Waals surface area contributed by atoms with Crippen molar-refractivity contribution in [1.82, 2.24) is 14.9 Å². The molecule has 108 valence electrons. The molecule has 3 N–H and O–H groups in total. The molecular weight excluding hydrogens is 280 g/mol. The molecule has 8 heteroatoms. The van der Waals surface area contributed by atoms with E-state index < -0.39 is 10.0 Å². The van der Waals surface area contributed by atoms with Gasteiger partial charge in [0, 0.05) is 13.0 Å². The van der Waals surface area contributed by atoms with Gasteiger partial charge in [0.2, 0.25) is 15.9 Å². The van der Waals surface area contributed by atoms with Crippen molar-refractivity contribution in [2.45, 2.75) is 17.7 Å². The molecule has 0 spiro atoms. The first-order valence-corrected chi connectivity index (χ1v) is 7.64. The van der Waals surface area contributed by atoms with E-state index in [1.54, 1.807) is 24.3 Å². The molecule has 0 aliphatic carbocycles. The Hall–Kier alpha value is -1.77. The van der Waals surface area contributed by atoms with Crippen LogP contribution >= 0.6 is 0 Å². The van der Waals surface area contributed by atoms with Gasteiger partial charge in [0.1, 0.15) is 0 Å². The molecule has 0 radical (unpaired) electrons. The van der Waals surface area contributed by atoms with Gasteiger partial charge in [-0.1, -0.05) is 17.3 Å². The Labute approximate surface area is 117 Å². The van der Waals surface area contributed by atoms with E-state index in [9.17, 15) is 8.42 Å². The first kappa shape index (κ1) is 14.6. The molecule has 1 aromatic heterocycles. The maximum absolute atomic E-state index is 12.0. The molecule has 0 aliphatic rings. The van der Waals surface area contributed by atoms with Gasteiger partial charge in [-0.2, -0.15) is 4.98 Å². The van der Waals surface area contributed by atoms with Crippen molar-refractivity contribution in [1.29, 1.82) is 0 Å². The summed E-state index contributed by atoms with van der Waals surface area (Å²) < 4.78 is 31.3. The average molecular weight is 296 g/mol. The third kappa shape index (κ3) is 3.86. The standard InChI is InChI=1S/C12H16N4O3S/c13-7-5-10-1-3-11(4-2-10)20(17,18)16-8-6-12-14-9-15-19-12/h1-4,9,16H,5-8,13H2. The lowest BCUT2D eigenvalue weighted by Gasteiger charge is -2.06. The van der Waals surface area contributed by atoms with Crippen LogP contribution in [0, 0.1) is 0 Å². The van der Waals surface area contributed by atoms with Crippen LogP contribution in [0.2, 0.25) is 0 Å². The minimum Gasteiger partial charge on any atom is -0.340 e. The van der Waals surface area contributed by atoms with Crippen LogP contribution < -0.4 is 10.5 Å². The molecule has 0 saturated carbocycles. The second-order valence-electron chi connectivity index (χ2n) is 4.17. The van der Waals surface area contributed by atoms with Crippen molar-refractivity contribution in [3.05, 3.63) is 42.0 Å². The van der Waals surface area contributed by atoms with E-state index in [1.807, 2.05) is 0 Å². The third-order valence-corrected chi connectivity index (χ3v) is 4.18. The fourth-order valence-electron chi connectivity index (χ4n) is 1.68. The van der Waals surface area contributed by atoms with Gasteiger partial charge < -0.3 is 10.3 Å². The molecule has 1 heterocycles. The summed E-state index contributed by atoms with van der Waals surface area (Å²) in [6, 6.07) is 6.67. The smallest absolute Gasteiger partial charge is 0.240 e. The van der Waals surface area contributed by atoms with Gasteiger partial charge in [0.25, 0.3) is 0 Å². The van der Waals surface area contributed by atoms with E-state index in [1.165, 1.54) is 6.33 Å². The van der Waals surface area contributed by atoms with Crippen molar-refractivity contribution in [2.24, 2.45) is 5.73 Å². The zero-order valence-corrected chi connectivity index (χ0v) is 11.6. The molecule has 2 aromatic rings. The summed E-state index contributed by atoms with van der Waals surface area (Å²) in [6.45, 7) is 0.740. The number of nitrogens with two attached hydrogens (primary N) is 1. The van der Waals surface area contributed by atoms with Gasteiger partial charge in [-0.3, -0.25) is 0 Å². The quantitative estimate of drug-likeness (QED) is 0.749. The monoisotopic (exact) mass is 296 g/mol. The first-order valence-electron chi connectivity index (χ1n) is 6.16. The second kappa shape index (κ2) is 6.60. The molecule has 20 heavy (non-hydrogen) atoms. The Balaban J connectivity index is 1.95. The SMILES string of the molecule is NCCc1ccc(S(=O)(=O)NCCc2ncno2)cc1. The molecule has 0 unspecified atom stereocenters. The molecule has 0 fully saturated rings. The van der Waals surface area contributed by atoms with Gasteiger partial charge in [-0.05, 0) is 30.7 Å². The summed E-state index contributed by atoms with van der Waals surface area (Å²) in [5.41, 5.74) is 6.46. The predicted octanol–water partition coefficient (Wildman–Crippen LogP) is 0.0918. The van der Waals surface area contributed by atoms with Crippen LogP contribution in [-0.4, -0.2) is 31.6 Å². The van der Waals surface area contributed by atoms with E-state index in [0.29, 0.717) is 18.9 Å². The molecule has 0 bridgehead atoms.